The largest absolute Gasteiger partial charge is 0.507 e. The number of benzene rings is 2. The molecule has 6 nitrogen and oxygen atoms in total. The number of anilines is 1. The summed E-state index contributed by atoms with van der Waals surface area (Å²) in [4.78, 5) is 22.2. The maximum atomic E-state index is 12.1. The number of nitro groups is 1. The molecule has 0 fully saturated rings. The lowest BCUT2D eigenvalue weighted by molar-refractivity contribution is -0.384. The van der Waals surface area contributed by atoms with Crippen LogP contribution in [0.2, 0.25) is 5.02 Å². The standard InChI is InChI=1S/C13H8BrClN2O4/c14-7-1-4-12(18)9(5-7)13(19)16-8-2-3-10(15)11(6-8)17(20)21/h1-6,18H,(H,16,19). The van der Waals surface area contributed by atoms with Crippen molar-refractivity contribution >= 4 is 44.8 Å². The monoisotopic (exact) mass is 370 g/mol. The second-order valence-electron chi connectivity index (χ2n) is 4.04. The summed E-state index contributed by atoms with van der Waals surface area (Å²) in [5.41, 5.74) is -0.0645. The van der Waals surface area contributed by atoms with Crippen LogP contribution in [-0.2, 0) is 0 Å². The Morgan fingerprint density at radius 2 is 2.00 bits per heavy atom. The van der Waals surface area contributed by atoms with Crippen molar-refractivity contribution in [1.29, 1.82) is 0 Å². The van der Waals surface area contributed by atoms with Crippen LogP contribution in [0.15, 0.2) is 40.9 Å². The van der Waals surface area contributed by atoms with Crippen LogP contribution in [0, 0.1) is 10.1 Å². The molecule has 108 valence electrons. The molecule has 2 aromatic carbocycles. The molecule has 0 saturated heterocycles. The summed E-state index contributed by atoms with van der Waals surface area (Å²) in [6.07, 6.45) is 0. The molecule has 1 amide bonds. The third-order valence-corrected chi connectivity index (χ3v) is 3.42. The first-order chi connectivity index (χ1) is 9.88. The Bertz CT molecular complexity index is 736. The van der Waals surface area contributed by atoms with Gasteiger partial charge in [0.2, 0.25) is 0 Å². The van der Waals surface area contributed by atoms with Gasteiger partial charge in [-0.3, -0.25) is 14.9 Å². The minimum absolute atomic E-state index is 0.0247. The van der Waals surface area contributed by atoms with E-state index >= 15 is 0 Å². The first kappa shape index (κ1) is 15.3. The number of aromatic hydroxyl groups is 1. The zero-order valence-corrected chi connectivity index (χ0v) is 12.7. The number of nitrogens with zero attached hydrogens (tertiary/aromatic N) is 1. The second-order valence-corrected chi connectivity index (χ2v) is 5.36. The van der Waals surface area contributed by atoms with E-state index in [1.807, 2.05) is 0 Å². The molecule has 0 aromatic heterocycles. The molecule has 0 aliphatic carbocycles. The van der Waals surface area contributed by atoms with Gasteiger partial charge in [0.1, 0.15) is 10.8 Å². The van der Waals surface area contributed by atoms with Gasteiger partial charge in [-0.05, 0) is 30.3 Å². The van der Waals surface area contributed by atoms with Crippen LogP contribution in [0.4, 0.5) is 11.4 Å². The normalized spacial score (nSPS) is 10.2. The van der Waals surface area contributed by atoms with Crippen molar-refractivity contribution in [1.82, 2.24) is 0 Å². The third kappa shape index (κ3) is 3.50. The van der Waals surface area contributed by atoms with Gasteiger partial charge in [-0.1, -0.05) is 27.5 Å². The van der Waals surface area contributed by atoms with Crippen molar-refractivity contribution in [2.75, 3.05) is 5.32 Å². The molecule has 0 bridgehead atoms. The Hall–Kier alpha value is -2.12. The minimum Gasteiger partial charge on any atom is -0.507 e. The molecule has 0 radical (unpaired) electrons. The van der Waals surface area contributed by atoms with Gasteiger partial charge in [-0.25, -0.2) is 0 Å². The fraction of sp³-hybridized carbons (Fsp3) is 0. The van der Waals surface area contributed by atoms with E-state index < -0.39 is 10.8 Å². The predicted octanol–water partition coefficient (Wildman–Crippen LogP) is 3.97. The second kappa shape index (κ2) is 6.11. The lowest BCUT2D eigenvalue weighted by atomic mass is 10.2. The van der Waals surface area contributed by atoms with Crippen molar-refractivity contribution in [2.45, 2.75) is 0 Å². The van der Waals surface area contributed by atoms with Crippen LogP contribution >= 0.6 is 27.5 Å². The summed E-state index contributed by atoms with van der Waals surface area (Å²) in [5.74, 6) is -0.787. The Morgan fingerprint density at radius 3 is 2.67 bits per heavy atom. The lowest BCUT2D eigenvalue weighted by Crippen LogP contribution is -2.12. The van der Waals surface area contributed by atoms with Gasteiger partial charge < -0.3 is 10.4 Å². The van der Waals surface area contributed by atoms with Crippen molar-refractivity contribution in [3.05, 3.63) is 61.6 Å². The number of carbonyl (C=O) groups is 1. The van der Waals surface area contributed by atoms with Crippen molar-refractivity contribution in [2.24, 2.45) is 0 Å². The average Bonchev–Trinajstić information content (AvgIpc) is 2.43. The summed E-state index contributed by atoms with van der Waals surface area (Å²) in [6.45, 7) is 0. The summed E-state index contributed by atoms with van der Waals surface area (Å²) >= 11 is 8.88. The molecule has 0 heterocycles. The topological polar surface area (TPSA) is 92.5 Å². The molecule has 21 heavy (non-hydrogen) atoms. The average molecular weight is 372 g/mol. The quantitative estimate of drug-likeness (QED) is 0.631. The number of carbonyl (C=O) groups excluding carboxylic acids is 1. The molecule has 0 spiro atoms. The number of hydrogen-bond donors (Lipinski definition) is 2. The van der Waals surface area contributed by atoms with Crippen LogP contribution in [0.25, 0.3) is 0 Å². The van der Waals surface area contributed by atoms with E-state index in [0.29, 0.717) is 4.47 Å². The number of amides is 1. The highest BCUT2D eigenvalue weighted by Gasteiger charge is 2.16. The smallest absolute Gasteiger partial charge is 0.289 e. The van der Waals surface area contributed by atoms with E-state index in [-0.39, 0.29) is 27.7 Å². The SMILES string of the molecule is O=C(Nc1ccc(Cl)c([N+](=O)[O-])c1)c1cc(Br)ccc1O. The molecular weight excluding hydrogens is 364 g/mol. The van der Waals surface area contributed by atoms with Crippen LogP contribution in [0.1, 0.15) is 10.4 Å². The Balaban J connectivity index is 2.29. The van der Waals surface area contributed by atoms with E-state index in [1.54, 1.807) is 6.07 Å². The highest BCUT2D eigenvalue weighted by molar-refractivity contribution is 9.10. The fourth-order valence-corrected chi connectivity index (χ4v) is 2.17. The highest BCUT2D eigenvalue weighted by Crippen LogP contribution is 2.28. The summed E-state index contributed by atoms with van der Waals surface area (Å²) in [6, 6.07) is 8.28. The van der Waals surface area contributed by atoms with E-state index in [1.165, 1.54) is 24.3 Å². The van der Waals surface area contributed by atoms with Crippen molar-refractivity contribution < 1.29 is 14.8 Å². The van der Waals surface area contributed by atoms with Gasteiger partial charge in [-0.2, -0.15) is 0 Å². The highest BCUT2D eigenvalue weighted by atomic mass is 79.9. The number of halogens is 2. The molecular formula is C13H8BrClN2O4. The number of rotatable bonds is 3. The minimum atomic E-state index is -0.644. The first-order valence-electron chi connectivity index (χ1n) is 5.62. The molecule has 2 aromatic rings. The van der Waals surface area contributed by atoms with Gasteiger partial charge in [-0.15, -0.1) is 0 Å². The van der Waals surface area contributed by atoms with E-state index in [0.717, 1.165) is 6.07 Å². The number of nitro benzene ring substituents is 1. The fourth-order valence-electron chi connectivity index (χ4n) is 1.62. The van der Waals surface area contributed by atoms with Gasteiger partial charge in [0.15, 0.2) is 0 Å². The number of phenols is 1. The summed E-state index contributed by atoms with van der Waals surface area (Å²) in [7, 11) is 0. The van der Waals surface area contributed by atoms with E-state index in [9.17, 15) is 20.0 Å². The van der Waals surface area contributed by atoms with Crippen LogP contribution in [0.3, 0.4) is 0 Å². The molecule has 2 rings (SSSR count). The van der Waals surface area contributed by atoms with Crippen LogP contribution < -0.4 is 5.32 Å². The molecule has 0 aliphatic heterocycles. The van der Waals surface area contributed by atoms with Crippen LogP contribution in [-0.4, -0.2) is 15.9 Å². The zero-order chi connectivity index (χ0) is 15.6. The Kier molecular flexibility index (Phi) is 4.44. The van der Waals surface area contributed by atoms with E-state index in [2.05, 4.69) is 21.2 Å². The lowest BCUT2D eigenvalue weighted by Gasteiger charge is -2.07. The molecule has 8 heteroatoms. The Morgan fingerprint density at radius 1 is 1.29 bits per heavy atom. The van der Waals surface area contributed by atoms with Gasteiger partial charge in [0.25, 0.3) is 11.6 Å². The van der Waals surface area contributed by atoms with Gasteiger partial charge in [0.05, 0.1) is 10.5 Å². The maximum absolute atomic E-state index is 12.1. The van der Waals surface area contributed by atoms with Crippen molar-refractivity contribution in [3.8, 4) is 5.75 Å². The van der Waals surface area contributed by atoms with Crippen LogP contribution in [0.5, 0.6) is 5.75 Å². The number of phenolic OH excluding ortho intramolecular Hbond substituents is 1. The zero-order valence-electron chi connectivity index (χ0n) is 10.3. The molecule has 0 atom stereocenters. The summed E-state index contributed by atoms with van der Waals surface area (Å²) < 4.78 is 0.618. The molecule has 0 unspecified atom stereocenters. The molecule has 0 saturated carbocycles. The van der Waals surface area contributed by atoms with Gasteiger partial charge >= 0.3 is 0 Å². The van der Waals surface area contributed by atoms with Crippen molar-refractivity contribution in [3.63, 3.8) is 0 Å². The van der Waals surface area contributed by atoms with Gasteiger partial charge in [0, 0.05) is 16.2 Å². The molecule has 0 aliphatic rings. The third-order valence-electron chi connectivity index (χ3n) is 2.60. The Labute approximate surface area is 132 Å². The predicted molar refractivity (Wildman–Crippen MR) is 81.9 cm³/mol. The number of nitrogens with one attached hydrogen (secondary N) is 1. The molecule has 2 N–H and O–H groups in total. The maximum Gasteiger partial charge on any atom is 0.289 e. The number of hydrogen-bond acceptors (Lipinski definition) is 4. The first-order valence-corrected chi connectivity index (χ1v) is 6.79. The summed E-state index contributed by atoms with van der Waals surface area (Å²) in [5, 5.41) is 22.9. The van der Waals surface area contributed by atoms with E-state index in [4.69, 9.17) is 11.6 Å².